The minimum absolute atomic E-state index is 0.0581. The van der Waals surface area contributed by atoms with Crippen LogP contribution in [0.1, 0.15) is 30.5 Å². The lowest BCUT2D eigenvalue weighted by Gasteiger charge is -2.07. The smallest absolute Gasteiger partial charge is 0.261 e. The molecule has 24 heavy (non-hydrogen) atoms. The average molecular weight is 356 g/mol. The van der Waals surface area contributed by atoms with Crippen molar-refractivity contribution in [1.82, 2.24) is 10.6 Å². The summed E-state index contributed by atoms with van der Waals surface area (Å²) in [4.78, 5) is 25.2. The fraction of sp³-hybridized carbons (Fsp3) is 0.111. The van der Waals surface area contributed by atoms with Gasteiger partial charge in [-0.3, -0.25) is 9.59 Å². The van der Waals surface area contributed by atoms with E-state index in [1.165, 1.54) is 22.7 Å². The number of hydrogen-bond donors (Lipinski definition) is 2. The maximum absolute atomic E-state index is 11.9. The molecule has 3 aromatic rings. The molecule has 0 spiro atoms. The molecule has 6 heteroatoms. The number of carbonyl (C=O) groups excluding carboxylic acids is 2. The zero-order valence-corrected chi connectivity index (χ0v) is 14.5. The first-order valence-corrected chi connectivity index (χ1v) is 9.19. The van der Waals surface area contributed by atoms with Gasteiger partial charge >= 0.3 is 0 Å². The highest BCUT2D eigenvalue weighted by molar-refractivity contribution is 7.12. The topological polar surface area (TPSA) is 58.2 Å². The Kier molecular flexibility index (Phi) is 5.40. The van der Waals surface area contributed by atoms with Gasteiger partial charge in [0.1, 0.15) is 0 Å². The summed E-state index contributed by atoms with van der Waals surface area (Å²) in [7, 11) is 0. The second-order valence-electron chi connectivity index (χ2n) is 5.14. The Morgan fingerprint density at radius 1 is 0.708 bits per heavy atom. The van der Waals surface area contributed by atoms with Gasteiger partial charge in [-0.05, 0) is 34.0 Å². The van der Waals surface area contributed by atoms with Crippen molar-refractivity contribution < 1.29 is 9.59 Å². The van der Waals surface area contributed by atoms with E-state index in [0.29, 0.717) is 22.8 Å². The first-order chi connectivity index (χ1) is 11.7. The first kappa shape index (κ1) is 16.4. The fourth-order valence-electron chi connectivity index (χ4n) is 2.13. The average Bonchev–Trinajstić information content (AvgIpc) is 3.32. The van der Waals surface area contributed by atoms with Crippen molar-refractivity contribution in [2.24, 2.45) is 0 Å². The van der Waals surface area contributed by atoms with Crippen LogP contribution in [0.25, 0.3) is 0 Å². The summed E-state index contributed by atoms with van der Waals surface area (Å²) in [6.45, 7) is 0.969. The molecule has 0 aliphatic carbocycles. The van der Waals surface area contributed by atoms with E-state index >= 15 is 0 Å². The van der Waals surface area contributed by atoms with Crippen LogP contribution in [0, 0.1) is 0 Å². The highest BCUT2D eigenvalue weighted by Crippen LogP contribution is 2.10. The number of thiophene rings is 2. The molecular weight excluding hydrogens is 340 g/mol. The largest absolute Gasteiger partial charge is 0.347 e. The number of amides is 2. The summed E-state index contributed by atoms with van der Waals surface area (Å²) in [5, 5.41) is 9.55. The Bertz CT molecular complexity index is 725. The summed E-state index contributed by atoms with van der Waals surface area (Å²) >= 11 is 2.85. The summed E-state index contributed by atoms with van der Waals surface area (Å²) < 4.78 is 0. The van der Waals surface area contributed by atoms with Crippen LogP contribution in [0.2, 0.25) is 0 Å². The predicted molar refractivity (Wildman–Crippen MR) is 97.4 cm³/mol. The molecule has 0 fully saturated rings. The van der Waals surface area contributed by atoms with Gasteiger partial charge in [-0.1, -0.05) is 36.4 Å². The number of rotatable bonds is 6. The molecule has 0 saturated carbocycles. The molecular formula is C18H16N2O2S2. The van der Waals surface area contributed by atoms with Gasteiger partial charge in [-0.15, -0.1) is 22.7 Å². The zero-order valence-electron chi connectivity index (χ0n) is 12.8. The van der Waals surface area contributed by atoms with E-state index < -0.39 is 0 Å². The van der Waals surface area contributed by atoms with Gasteiger partial charge in [0.05, 0.1) is 9.75 Å². The highest BCUT2D eigenvalue weighted by atomic mass is 32.1. The van der Waals surface area contributed by atoms with Crippen molar-refractivity contribution in [3.63, 3.8) is 0 Å². The molecule has 2 aromatic heterocycles. The molecule has 2 heterocycles. The molecule has 1 aromatic carbocycles. The van der Waals surface area contributed by atoms with E-state index in [1.54, 1.807) is 12.1 Å². The Hall–Kier alpha value is -2.44. The number of benzene rings is 1. The van der Waals surface area contributed by atoms with Crippen LogP contribution in [0.15, 0.2) is 59.3 Å². The van der Waals surface area contributed by atoms with Crippen molar-refractivity contribution in [2.75, 3.05) is 0 Å². The lowest BCUT2D eigenvalue weighted by atomic mass is 10.1. The van der Waals surface area contributed by atoms with Gasteiger partial charge in [-0.25, -0.2) is 0 Å². The molecule has 122 valence electrons. The van der Waals surface area contributed by atoms with Gasteiger partial charge in [0.25, 0.3) is 11.8 Å². The number of carbonyl (C=O) groups is 2. The summed E-state index contributed by atoms with van der Waals surface area (Å²) in [5.74, 6) is -0.116. The van der Waals surface area contributed by atoms with E-state index in [1.807, 2.05) is 47.2 Å². The van der Waals surface area contributed by atoms with Crippen LogP contribution < -0.4 is 10.6 Å². The molecule has 3 rings (SSSR count). The molecule has 0 saturated heterocycles. The third kappa shape index (κ3) is 4.31. The van der Waals surface area contributed by atoms with Crippen molar-refractivity contribution >= 4 is 34.5 Å². The quantitative estimate of drug-likeness (QED) is 0.708. The molecule has 2 N–H and O–H groups in total. The van der Waals surface area contributed by atoms with Crippen LogP contribution in [-0.2, 0) is 13.1 Å². The third-order valence-corrected chi connectivity index (χ3v) is 5.16. The maximum atomic E-state index is 11.9. The van der Waals surface area contributed by atoms with Crippen molar-refractivity contribution in [1.29, 1.82) is 0 Å². The second kappa shape index (κ2) is 7.90. The minimum Gasteiger partial charge on any atom is -0.347 e. The van der Waals surface area contributed by atoms with Crippen molar-refractivity contribution in [3.8, 4) is 0 Å². The van der Waals surface area contributed by atoms with E-state index in [0.717, 1.165) is 11.1 Å². The summed E-state index contributed by atoms with van der Waals surface area (Å²) in [6.07, 6.45) is 0. The SMILES string of the molecule is O=C(NCc1ccc(CNC(=O)c2cccs2)cc1)c1cccs1. The van der Waals surface area contributed by atoms with E-state index in [-0.39, 0.29) is 11.8 Å². The Labute approximate surface area is 148 Å². The Balaban J connectivity index is 1.48. The van der Waals surface area contributed by atoms with E-state index in [2.05, 4.69) is 10.6 Å². The van der Waals surface area contributed by atoms with E-state index in [9.17, 15) is 9.59 Å². The van der Waals surface area contributed by atoms with Gasteiger partial charge in [0, 0.05) is 13.1 Å². The lowest BCUT2D eigenvalue weighted by Crippen LogP contribution is -2.22. The highest BCUT2D eigenvalue weighted by Gasteiger charge is 2.07. The van der Waals surface area contributed by atoms with Gasteiger partial charge < -0.3 is 10.6 Å². The normalized spacial score (nSPS) is 10.3. The van der Waals surface area contributed by atoms with Crippen LogP contribution >= 0.6 is 22.7 Å². The molecule has 0 radical (unpaired) electrons. The van der Waals surface area contributed by atoms with Crippen molar-refractivity contribution in [3.05, 3.63) is 80.2 Å². The molecule has 0 aliphatic heterocycles. The van der Waals surface area contributed by atoms with Gasteiger partial charge in [-0.2, -0.15) is 0 Å². The maximum Gasteiger partial charge on any atom is 0.261 e. The molecule has 0 unspecified atom stereocenters. The molecule has 2 amide bonds. The zero-order chi connectivity index (χ0) is 16.8. The Morgan fingerprint density at radius 2 is 1.12 bits per heavy atom. The van der Waals surface area contributed by atoms with Crippen LogP contribution in [-0.4, -0.2) is 11.8 Å². The lowest BCUT2D eigenvalue weighted by molar-refractivity contribution is 0.0946. The first-order valence-electron chi connectivity index (χ1n) is 7.43. The summed E-state index contributed by atoms with van der Waals surface area (Å²) in [5.41, 5.74) is 2.04. The number of hydrogen-bond acceptors (Lipinski definition) is 4. The molecule has 0 bridgehead atoms. The standard InChI is InChI=1S/C18H16N2O2S2/c21-17(15-3-1-9-23-15)19-11-13-5-7-14(8-6-13)12-20-18(22)16-4-2-10-24-16/h1-10H,11-12H2,(H,19,21)(H,20,22). The predicted octanol–water partition coefficient (Wildman–Crippen LogP) is 3.67. The van der Waals surface area contributed by atoms with E-state index in [4.69, 9.17) is 0 Å². The Morgan fingerprint density at radius 3 is 1.46 bits per heavy atom. The second-order valence-corrected chi connectivity index (χ2v) is 7.03. The van der Waals surface area contributed by atoms with Crippen LogP contribution in [0.3, 0.4) is 0 Å². The van der Waals surface area contributed by atoms with Gasteiger partial charge in [0.15, 0.2) is 0 Å². The van der Waals surface area contributed by atoms with Gasteiger partial charge in [0.2, 0.25) is 0 Å². The fourth-order valence-corrected chi connectivity index (χ4v) is 3.41. The van der Waals surface area contributed by atoms with Crippen molar-refractivity contribution in [2.45, 2.75) is 13.1 Å². The molecule has 0 atom stereocenters. The number of nitrogens with one attached hydrogen (secondary N) is 2. The van der Waals surface area contributed by atoms with Crippen LogP contribution in [0.5, 0.6) is 0 Å². The molecule has 0 aliphatic rings. The molecule has 4 nitrogen and oxygen atoms in total. The van der Waals surface area contributed by atoms with Crippen LogP contribution in [0.4, 0.5) is 0 Å². The monoisotopic (exact) mass is 356 g/mol. The minimum atomic E-state index is -0.0581. The summed E-state index contributed by atoms with van der Waals surface area (Å²) in [6, 6.07) is 15.2. The third-order valence-electron chi connectivity index (χ3n) is 3.42.